The highest BCUT2D eigenvalue weighted by atomic mass is 19.1. The lowest BCUT2D eigenvalue weighted by molar-refractivity contribution is 0.0727. The number of amides is 1. The van der Waals surface area contributed by atoms with Gasteiger partial charge in [0.15, 0.2) is 0 Å². The maximum atomic E-state index is 14.5. The second kappa shape index (κ2) is 7.22. The molecule has 8 heteroatoms. The van der Waals surface area contributed by atoms with Crippen molar-refractivity contribution in [2.75, 3.05) is 6.54 Å². The minimum absolute atomic E-state index is 0.0280. The third-order valence-corrected chi connectivity index (χ3v) is 5.50. The number of aromatic nitrogens is 4. The van der Waals surface area contributed by atoms with Gasteiger partial charge in [0.1, 0.15) is 5.82 Å². The SMILES string of the molecule is O=C(c1cc(Cc2n[nH]c(=O)c3ccccc23)ccc1F)N1CCc2c[nH]nc2C1. The van der Waals surface area contributed by atoms with Crippen LogP contribution in [0.5, 0.6) is 0 Å². The zero-order chi connectivity index (χ0) is 20.7. The molecule has 0 fully saturated rings. The normalized spacial score (nSPS) is 13.4. The van der Waals surface area contributed by atoms with Crippen molar-refractivity contribution < 1.29 is 9.18 Å². The second-order valence-electron chi connectivity index (χ2n) is 7.37. The molecule has 7 nitrogen and oxygen atoms in total. The third kappa shape index (κ3) is 3.16. The Kier molecular flexibility index (Phi) is 4.39. The van der Waals surface area contributed by atoms with Gasteiger partial charge in [-0.3, -0.25) is 14.7 Å². The van der Waals surface area contributed by atoms with Crippen LogP contribution in [0.25, 0.3) is 10.8 Å². The molecule has 2 aromatic carbocycles. The molecule has 0 radical (unpaired) electrons. The summed E-state index contributed by atoms with van der Waals surface area (Å²) in [4.78, 5) is 26.6. The van der Waals surface area contributed by atoms with Crippen LogP contribution >= 0.6 is 0 Å². The number of H-pyrrole nitrogens is 2. The Morgan fingerprint density at radius 2 is 1.97 bits per heavy atom. The molecule has 5 rings (SSSR count). The summed E-state index contributed by atoms with van der Waals surface area (Å²) < 4.78 is 14.5. The van der Waals surface area contributed by atoms with E-state index in [0.717, 1.165) is 22.2 Å². The monoisotopic (exact) mass is 403 g/mol. The average molecular weight is 403 g/mol. The summed E-state index contributed by atoms with van der Waals surface area (Å²) in [6, 6.07) is 11.7. The molecule has 30 heavy (non-hydrogen) atoms. The van der Waals surface area contributed by atoms with Crippen molar-refractivity contribution in [3.05, 3.63) is 92.9 Å². The molecule has 0 unspecified atom stereocenters. The van der Waals surface area contributed by atoms with E-state index in [1.165, 1.54) is 6.07 Å². The number of fused-ring (bicyclic) bond motifs is 2. The summed E-state index contributed by atoms with van der Waals surface area (Å²) in [6.45, 7) is 0.870. The first-order valence-corrected chi connectivity index (χ1v) is 9.65. The zero-order valence-corrected chi connectivity index (χ0v) is 16.0. The van der Waals surface area contributed by atoms with Gasteiger partial charge in [0, 0.05) is 24.5 Å². The molecular formula is C22H18FN5O2. The van der Waals surface area contributed by atoms with Gasteiger partial charge in [0.2, 0.25) is 0 Å². The standard InChI is InChI=1S/C22H18FN5O2/c23-18-6-5-13(10-19-15-3-1-2-4-16(15)21(29)27-26-19)9-17(18)22(30)28-8-7-14-11-24-25-20(14)12-28/h1-6,9,11H,7-8,10,12H2,(H,24,25)(H,27,29). The third-order valence-electron chi connectivity index (χ3n) is 5.50. The van der Waals surface area contributed by atoms with Crippen molar-refractivity contribution in [1.29, 1.82) is 0 Å². The van der Waals surface area contributed by atoms with E-state index in [0.29, 0.717) is 37.0 Å². The highest BCUT2D eigenvalue weighted by Crippen LogP contribution is 2.22. The highest BCUT2D eigenvalue weighted by molar-refractivity contribution is 5.95. The van der Waals surface area contributed by atoms with Gasteiger partial charge >= 0.3 is 0 Å². The molecule has 0 saturated heterocycles. The number of carbonyl (C=O) groups is 1. The van der Waals surface area contributed by atoms with Crippen molar-refractivity contribution in [3.63, 3.8) is 0 Å². The summed E-state index contributed by atoms with van der Waals surface area (Å²) in [6.07, 6.45) is 2.88. The van der Waals surface area contributed by atoms with Crippen molar-refractivity contribution in [3.8, 4) is 0 Å². The number of nitrogens with one attached hydrogen (secondary N) is 2. The van der Waals surface area contributed by atoms with Crippen LogP contribution in [0.1, 0.15) is 32.9 Å². The van der Waals surface area contributed by atoms with E-state index < -0.39 is 5.82 Å². The minimum atomic E-state index is -0.559. The minimum Gasteiger partial charge on any atom is -0.332 e. The van der Waals surface area contributed by atoms with Gasteiger partial charge < -0.3 is 4.90 Å². The molecule has 2 aromatic heterocycles. The van der Waals surface area contributed by atoms with Gasteiger partial charge in [-0.15, -0.1) is 0 Å². The lowest BCUT2D eigenvalue weighted by Gasteiger charge is -2.26. The maximum Gasteiger partial charge on any atom is 0.272 e. The first-order chi connectivity index (χ1) is 14.6. The van der Waals surface area contributed by atoms with Gasteiger partial charge in [-0.25, -0.2) is 9.49 Å². The van der Waals surface area contributed by atoms with E-state index in [1.54, 1.807) is 29.2 Å². The van der Waals surface area contributed by atoms with Crippen LogP contribution in [0.2, 0.25) is 0 Å². The van der Waals surface area contributed by atoms with Crippen LogP contribution in [0.4, 0.5) is 4.39 Å². The Labute approximate surface area is 170 Å². The average Bonchev–Trinajstić information content (AvgIpc) is 3.24. The van der Waals surface area contributed by atoms with E-state index in [1.807, 2.05) is 18.3 Å². The van der Waals surface area contributed by atoms with Gasteiger partial charge in [-0.05, 0) is 35.7 Å². The number of benzene rings is 2. The molecule has 0 saturated carbocycles. The molecule has 1 amide bonds. The summed E-state index contributed by atoms with van der Waals surface area (Å²) in [5, 5.41) is 14.9. The van der Waals surface area contributed by atoms with E-state index in [-0.39, 0.29) is 17.0 Å². The fourth-order valence-corrected chi connectivity index (χ4v) is 3.90. The molecule has 150 valence electrons. The molecule has 0 spiro atoms. The fourth-order valence-electron chi connectivity index (χ4n) is 3.90. The first-order valence-electron chi connectivity index (χ1n) is 9.65. The van der Waals surface area contributed by atoms with Crippen molar-refractivity contribution in [2.24, 2.45) is 0 Å². The fraction of sp³-hybridized carbons (Fsp3) is 0.182. The summed E-state index contributed by atoms with van der Waals surface area (Å²) >= 11 is 0. The van der Waals surface area contributed by atoms with Crippen molar-refractivity contribution in [1.82, 2.24) is 25.3 Å². The molecular weight excluding hydrogens is 385 g/mol. The van der Waals surface area contributed by atoms with Crippen LogP contribution in [-0.4, -0.2) is 37.7 Å². The lowest BCUT2D eigenvalue weighted by atomic mass is 10.0. The second-order valence-corrected chi connectivity index (χ2v) is 7.37. The summed E-state index contributed by atoms with van der Waals surface area (Å²) in [7, 11) is 0. The lowest BCUT2D eigenvalue weighted by Crippen LogP contribution is -2.36. The first kappa shape index (κ1) is 18.2. The van der Waals surface area contributed by atoms with E-state index in [2.05, 4.69) is 20.4 Å². The van der Waals surface area contributed by atoms with E-state index >= 15 is 0 Å². The van der Waals surface area contributed by atoms with Crippen LogP contribution in [0, 0.1) is 5.82 Å². The van der Waals surface area contributed by atoms with Crippen LogP contribution in [-0.2, 0) is 19.4 Å². The zero-order valence-electron chi connectivity index (χ0n) is 16.0. The molecule has 2 N–H and O–H groups in total. The van der Waals surface area contributed by atoms with Crippen LogP contribution in [0.3, 0.4) is 0 Å². The predicted octanol–water partition coefficient (Wildman–Crippen LogP) is 2.57. The van der Waals surface area contributed by atoms with Gasteiger partial charge in [-0.1, -0.05) is 24.3 Å². The van der Waals surface area contributed by atoms with Gasteiger partial charge in [0.05, 0.1) is 28.9 Å². The number of hydrogen-bond donors (Lipinski definition) is 2. The van der Waals surface area contributed by atoms with E-state index in [4.69, 9.17) is 0 Å². The maximum absolute atomic E-state index is 14.5. The Balaban J connectivity index is 1.45. The molecule has 0 atom stereocenters. The van der Waals surface area contributed by atoms with Gasteiger partial charge in [-0.2, -0.15) is 10.2 Å². The quantitative estimate of drug-likeness (QED) is 0.550. The summed E-state index contributed by atoms with van der Waals surface area (Å²) in [5.74, 6) is -0.918. The number of aromatic amines is 2. The van der Waals surface area contributed by atoms with Crippen LogP contribution in [0.15, 0.2) is 53.5 Å². The Morgan fingerprint density at radius 1 is 1.13 bits per heavy atom. The van der Waals surface area contributed by atoms with Crippen molar-refractivity contribution >= 4 is 16.7 Å². The smallest absolute Gasteiger partial charge is 0.272 e. The Bertz CT molecular complexity index is 1330. The number of carbonyl (C=O) groups excluding carboxylic acids is 1. The predicted molar refractivity (Wildman–Crippen MR) is 109 cm³/mol. The number of nitrogens with zero attached hydrogens (tertiary/aromatic N) is 3. The number of rotatable bonds is 3. The highest BCUT2D eigenvalue weighted by Gasteiger charge is 2.25. The topological polar surface area (TPSA) is 94.7 Å². The molecule has 0 bridgehead atoms. The molecule has 1 aliphatic heterocycles. The van der Waals surface area contributed by atoms with Crippen molar-refractivity contribution in [2.45, 2.75) is 19.4 Å². The number of halogens is 1. The molecule has 3 heterocycles. The number of hydrogen-bond acceptors (Lipinski definition) is 4. The molecule has 0 aliphatic carbocycles. The van der Waals surface area contributed by atoms with Crippen LogP contribution < -0.4 is 5.56 Å². The molecule has 4 aromatic rings. The summed E-state index contributed by atoms with van der Waals surface area (Å²) in [5.41, 5.74) is 3.07. The largest absolute Gasteiger partial charge is 0.332 e. The Morgan fingerprint density at radius 3 is 2.83 bits per heavy atom. The van der Waals surface area contributed by atoms with Gasteiger partial charge in [0.25, 0.3) is 11.5 Å². The van der Waals surface area contributed by atoms with E-state index in [9.17, 15) is 14.0 Å². The Hall–Kier alpha value is -3.81. The molecule has 1 aliphatic rings.